The number of hydrogen-bond acceptors (Lipinski definition) is 4. The van der Waals surface area contributed by atoms with Crippen LogP contribution in [0.1, 0.15) is 26.3 Å². The van der Waals surface area contributed by atoms with Crippen molar-refractivity contribution in [2.75, 3.05) is 18.1 Å². The molecular formula is C19H20N2O4S. The highest BCUT2D eigenvalue weighted by molar-refractivity contribution is 7.89. The van der Waals surface area contributed by atoms with E-state index in [1.54, 1.807) is 48.5 Å². The zero-order valence-electron chi connectivity index (χ0n) is 14.4. The van der Waals surface area contributed by atoms with E-state index in [4.69, 9.17) is 0 Å². The van der Waals surface area contributed by atoms with E-state index in [2.05, 4.69) is 17.2 Å². The summed E-state index contributed by atoms with van der Waals surface area (Å²) >= 11 is 0. The van der Waals surface area contributed by atoms with E-state index in [0.717, 1.165) is 6.26 Å². The van der Waals surface area contributed by atoms with Crippen molar-refractivity contribution in [3.05, 3.63) is 77.9 Å². The molecule has 26 heavy (non-hydrogen) atoms. The molecule has 0 unspecified atom stereocenters. The molecule has 0 saturated heterocycles. The minimum atomic E-state index is -3.20. The lowest BCUT2D eigenvalue weighted by Crippen LogP contribution is -2.25. The Kier molecular flexibility index (Phi) is 6.30. The monoisotopic (exact) mass is 372 g/mol. The standard InChI is InChI=1S/C19H20N2O4S/c1-3-11-20-19(23)16-9-4-5-10-17(16)21-18(22)15-8-6-7-14(12-15)13-26(2,24)25/h3-10,12H,1,11,13H2,2H3,(H,20,23)(H,21,22). The first-order valence-corrected chi connectivity index (χ1v) is 9.92. The second kappa shape index (κ2) is 8.44. The second-order valence-corrected chi connectivity index (χ2v) is 7.91. The molecule has 6 nitrogen and oxygen atoms in total. The molecule has 0 aliphatic heterocycles. The molecule has 2 aromatic carbocycles. The van der Waals surface area contributed by atoms with Crippen LogP contribution in [0.5, 0.6) is 0 Å². The highest BCUT2D eigenvalue weighted by atomic mass is 32.2. The summed E-state index contributed by atoms with van der Waals surface area (Å²) in [5, 5.41) is 5.36. The molecule has 2 rings (SSSR count). The highest BCUT2D eigenvalue weighted by Crippen LogP contribution is 2.17. The molecule has 0 heterocycles. The topological polar surface area (TPSA) is 92.3 Å². The number of para-hydroxylation sites is 1. The van der Waals surface area contributed by atoms with Crippen molar-refractivity contribution in [1.29, 1.82) is 0 Å². The number of hydrogen-bond donors (Lipinski definition) is 2. The molecule has 0 atom stereocenters. The molecule has 2 N–H and O–H groups in total. The maximum absolute atomic E-state index is 12.5. The van der Waals surface area contributed by atoms with E-state index < -0.39 is 15.7 Å². The van der Waals surface area contributed by atoms with Gasteiger partial charge in [0.15, 0.2) is 9.84 Å². The summed E-state index contributed by atoms with van der Waals surface area (Å²) in [6.07, 6.45) is 2.70. The van der Waals surface area contributed by atoms with Gasteiger partial charge >= 0.3 is 0 Å². The molecule has 0 aromatic heterocycles. The zero-order chi connectivity index (χ0) is 19.2. The Morgan fingerprint density at radius 3 is 2.50 bits per heavy atom. The lowest BCUT2D eigenvalue weighted by molar-refractivity contribution is 0.0959. The number of nitrogens with one attached hydrogen (secondary N) is 2. The van der Waals surface area contributed by atoms with Crippen LogP contribution in [-0.2, 0) is 15.6 Å². The summed E-state index contributed by atoms with van der Waals surface area (Å²) in [4.78, 5) is 24.7. The van der Waals surface area contributed by atoms with Crippen LogP contribution in [0.25, 0.3) is 0 Å². The average Bonchev–Trinajstić information content (AvgIpc) is 2.59. The number of benzene rings is 2. The SMILES string of the molecule is C=CCNC(=O)c1ccccc1NC(=O)c1cccc(CS(C)(=O)=O)c1. The van der Waals surface area contributed by atoms with E-state index in [1.165, 1.54) is 6.07 Å². The van der Waals surface area contributed by atoms with Gasteiger partial charge in [-0.25, -0.2) is 8.42 Å². The van der Waals surface area contributed by atoms with E-state index >= 15 is 0 Å². The number of rotatable bonds is 7. The van der Waals surface area contributed by atoms with Gasteiger partial charge in [-0.3, -0.25) is 9.59 Å². The van der Waals surface area contributed by atoms with E-state index in [9.17, 15) is 18.0 Å². The summed E-state index contributed by atoms with van der Waals surface area (Å²) in [6.45, 7) is 3.86. The molecule has 0 aliphatic rings. The minimum Gasteiger partial charge on any atom is -0.349 e. The van der Waals surface area contributed by atoms with Crippen molar-refractivity contribution in [2.24, 2.45) is 0 Å². The van der Waals surface area contributed by atoms with Crippen LogP contribution in [0, 0.1) is 0 Å². The highest BCUT2D eigenvalue weighted by Gasteiger charge is 2.14. The quantitative estimate of drug-likeness (QED) is 0.730. The van der Waals surface area contributed by atoms with E-state index in [-0.39, 0.29) is 11.7 Å². The van der Waals surface area contributed by atoms with Crippen molar-refractivity contribution in [3.8, 4) is 0 Å². The van der Waals surface area contributed by atoms with E-state index in [1.807, 2.05) is 0 Å². The van der Waals surface area contributed by atoms with E-state index in [0.29, 0.717) is 28.9 Å². The van der Waals surface area contributed by atoms with Gasteiger partial charge < -0.3 is 10.6 Å². The molecular weight excluding hydrogens is 352 g/mol. The third kappa shape index (κ3) is 5.56. The molecule has 7 heteroatoms. The van der Waals surface area contributed by atoms with Gasteiger partial charge in [-0.1, -0.05) is 30.3 Å². The Morgan fingerprint density at radius 1 is 1.08 bits per heavy atom. The minimum absolute atomic E-state index is 0.144. The summed E-state index contributed by atoms with van der Waals surface area (Å²) in [5.74, 6) is -0.898. The first kappa shape index (κ1) is 19.4. The Labute approximate surface area is 152 Å². The van der Waals surface area contributed by atoms with Gasteiger partial charge in [0.25, 0.3) is 11.8 Å². The van der Waals surface area contributed by atoms with Crippen molar-refractivity contribution in [3.63, 3.8) is 0 Å². The van der Waals surface area contributed by atoms with Gasteiger partial charge in [0.2, 0.25) is 0 Å². The second-order valence-electron chi connectivity index (χ2n) is 5.77. The fraction of sp³-hybridized carbons (Fsp3) is 0.158. The van der Waals surface area contributed by atoms with Crippen molar-refractivity contribution >= 4 is 27.3 Å². The first-order valence-electron chi connectivity index (χ1n) is 7.86. The van der Waals surface area contributed by atoms with Crippen LogP contribution in [0.3, 0.4) is 0 Å². The van der Waals surface area contributed by atoms with Gasteiger partial charge in [0.1, 0.15) is 0 Å². The number of anilines is 1. The van der Waals surface area contributed by atoms with Gasteiger partial charge in [-0.05, 0) is 29.8 Å². The average molecular weight is 372 g/mol. The van der Waals surface area contributed by atoms with Crippen LogP contribution in [0.2, 0.25) is 0 Å². The van der Waals surface area contributed by atoms with Gasteiger partial charge in [-0.15, -0.1) is 6.58 Å². The third-order valence-corrected chi connectivity index (χ3v) is 4.30. The van der Waals surface area contributed by atoms with Crippen LogP contribution < -0.4 is 10.6 Å². The Balaban J connectivity index is 2.22. The van der Waals surface area contributed by atoms with Crippen LogP contribution in [0.4, 0.5) is 5.69 Å². The summed E-state index contributed by atoms with van der Waals surface area (Å²) in [6, 6.07) is 13.0. The molecule has 2 amide bonds. The number of carbonyl (C=O) groups is 2. The number of sulfone groups is 1. The summed E-state index contributed by atoms with van der Waals surface area (Å²) in [5.41, 5.74) is 1.53. The van der Waals surface area contributed by atoms with Crippen LogP contribution in [-0.4, -0.2) is 33.0 Å². The van der Waals surface area contributed by atoms with Crippen molar-refractivity contribution in [1.82, 2.24) is 5.32 Å². The number of carbonyl (C=O) groups excluding carboxylic acids is 2. The molecule has 136 valence electrons. The normalized spacial score (nSPS) is 10.8. The zero-order valence-corrected chi connectivity index (χ0v) is 15.2. The Morgan fingerprint density at radius 2 is 1.81 bits per heavy atom. The van der Waals surface area contributed by atoms with Crippen molar-refractivity contribution in [2.45, 2.75) is 5.75 Å². The molecule has 0 saturated carbocycles. The lowest BCUT2D eigenvalue weighted by atomic mass is 10.1. The predicted octanol–water partition coefficient (Wildman–Crippen LogP) is 2.40. The first-order chi connectivity index (χ1) is 12.3. The Hall–Kier alpha value is -2.93. The molecule has 0 radical (unpaired) electrons. The van der Waals surface area contributed by atoms with Gasteiger partial charge in [-0.2, -0.15) is 0 Å². The predicted molar refractivity (Wildman–Crippen MR) is 102 cm³/mol. The molecule has 0 bridgehead atoms. The smallest absolute Gasteiger partial charge is 0.255 e. The fourth-order valence-electron chi connectivity index (χ4n) is 2.35. The fourth-order valence-corrected chi connectivity index (χ4v) is 3.13. The maximum atomic E-state index is 12.5. The van der Waals surface area contributed by atoms with Crippen LogP contribution in [0.15, 0.2) is 61.2 Å². The molecule has 2 aromatic rings. The lowest BCUT2D eigenvalue weighted by Gasteiger charge is -2.11. The molecule has 0 spiro atoms. The Bertz CT molecular complexity index is 936. The van der Waals surface area contributed by atoms with Gasteiger partial charge in [0.05, 0.1) is 17.0 Å². The number of amides is 2. The summed E-state index contributed by atoms with van der Waals surface area (Å²) < 4.78 is 22.9. The summed E-state index contributed by atoms with van der Waals surface area (Å²) in [7, 11) is -3.20. The third-order valence-electron chi connectivity index (χ3n) is 3.44. The molecule has 0 fully saturated rings. The van der Waals surface area contributed by atoms with Crippen LogP contribution >= 0.6 is 0 Å². The largest absolute Gasteiger partial charge is 0.349 e. The van der Waals surface area contributed by atoms with Gasteiger partial charge in [0, 0.05) is 18.4 Å². The molecule has 0 aliphatic carbocycles. The van der Waals surface area contributed by atoms with Crippen molar-refractivity contribution < 1.29 is 18.0 Å². The maximum Gasteiger partial charge on any atom is 0.255 e.